The molecule has 0 saturated heterocycles. The Morgan fingerprint density at radius 2 is 2.10 bits per heavy atom. The summed E-state index contributed by atoms with van der Waals surface area (Å²) in [7, 11) is 0. The van der Waals surface area contributed by atoms with Crippen molar-refractivity contribution in [2.24, 2.45) is 5.92 Å². The van der Waals surface area contributed by atoms with E-state index in [2.05, 4.69) is 17.6 Å². The van der Waals surface area contributed by atoms with E-state index in [9.17, 15) is 9.59 Å². The number of benzene rings is 1. The van der Waals surface area contributed by atoms with E-state index in [1.54, 1.807) is 6.07 Å². The van der Waals surface area contributed by atoms with Crippen LogP contribution >= 0.6 is 11.6 Å². The van der Waals surface area contributed by atoms with Crippen molar-refractivity contribution in [1.82, 2.24) is 5.32 Å². The fourth-order valence-corrected chi connectivity index (χ4v) is 2.66. The number of aromatic carboxylic acids is 1. The van der Waals surface area contributed by atoms with Crippen molar-refractivity contribution in [3.8, 4) is 0 Å². The molecule has 0 aromatic heterocycles. The highest BCUT2D eigenvalue weighted by molar-refractivity contribution is 6.31. The molecule has 0 bridgehead atoms. The normalized spacial score (nSPS) is 21.5. The van der Waals surface area contributed by atoms with Gasteiger partial charge in [-0.2, -0.15) is 0 Å². The Morgan fingerprint density at radius 3 is 2.70 bits per heavy atom. The molecule has 1 aromatic rings. The largest absolute Gasteiger partial charge is 0.478 e. The zero-order valence-corrected chi connectivity index (χ0v) is 11.9. The highest BCUT2D eigenvalue weighted by Gasteiger charge is 2.23. The number of urea groups is 1. The molecule has 1 aliphatic rings. The molecular formula is C14H17ClN2O3. The summed E-state index contributed by atoms with van der Waals surface area (Å²) in [6.45, 7) is 2.15. The van der Waals surface area contributed by atoms with Crippen LogP contribution in [0.5, 0.6) is 0 Å². The maximum atomic E-state index is 11.9. The maximum absolute atomic E-state index is 11.9. The van der Waals surface area contributed by atoms with Crippen LogP contribution < -0.4 is 10.6 Å². The minimum Gasteiger partial charge on any atom is -0.478 e. The zero-order chi connectivity index (χ0) is 14.7. The van der Waals surface area contributed by atoms with E-state index in [1.807, 2.05) is 0 Å². The lowest BCUT2D eigenvalue weighted by molar-refractivity contribution is 0.0698. The second-order valence-electron chi connectivity index (χ2n) is 5.21. The summed E-state index contributed by atoms with van der Waals surface area (Å²) in [5, 5.41) is 14.8. The summed E-state index contributed by atoms with van der Waals surface area (Å²) in [5.74, 6) is -0.511. The molecule has 6 heteroatoms. The number of anilines is 1. The molecule has 20 heavy (non-hydrogen) atoms. The van der Waals surface area contributed by atoms with Crippen molar-refractivity contribution in [2.75, 3.05) is 5.32 Å². The number of halogens is 1. The van der Waals surface area contributed by atoms with Crippen LogP contribution in [-0.2, 0) is 0 Å². The molecule has 2 rings (SSSR count). The molecule has 108 valence electrons. The molecule has 0 spiro atoms. The van der Waals surface area contributed by atoms with Crippen LogP contribution in [0.2, 0.25) is 5.02 Å². The number of hydrogen-bond donors (Lipinski definition) is 3. The van der Waals surface area contributed by atoms with Gasteiger partial charge >= 0.3 is 12.0 Å². The quantitative estimate of drug-likeness (QED) is 0.800. The van der Waals surface area contributed by atoms with Gasteiger partial charge in [-0.15, -0.1) is 0 Å². The first kappa shape index (κ1) is 14.7. The van der Waals surface area contributed by atoms with Gasteiger partial charge in [0.05, 0.1) is 11.3 Å². The van der Waals surface area contributed by atoms with Crippen LogP contribution in [0.4, 0.5) is 10.5 Å². The van der Waals surface area contributed by atoms with Crippen LogP contribution in [0, 0.1) is 5.92 Å². The molecule has 2 atom stereocenters. The Labute approximate surface area is 122 Å². The van der Waals surface area contributed by atoms with Gasteiger partial charge in [-0.3, -0.25) is 0 Å². The number of rotatable bonds is 3. The first-order valence-corrected chi connectivity index (χ1v) is 6.94. The summed E-state index contributed by atoms with van der Waals surface area (Å²) in [6, 6.07) is 4.13. The van der Waals surface area contributed by atoms with E-state index >= 15 is 0 Å². The number of carbonyl (C=O) groups is 2. The molecule has 0 heterocycles. The number of hydrogen-bond acceptors (Lipinski definition) is 2. The highest BCUT2D eigenvalue weighted by atomic mass is 35.5. The predicted molar refractivity (Wildman–Crippen MR) is 77.4 cm³/mol. The topological polar surface area (TPSA) is 78.4 Å². The molecule has 2 amide bonds. The average molecular weight is 297 g/mol. The minimum absolute atomic E-state index is 0.0209. The summed E-state index contributed by atoms with van der Waals surface area (Å²) in [5.41, 5.74) is 0.220. The Hall–Kier alpha value is -1.75. The summed E-state index contributed by atoms with van der Waals surface area (Å²) < 4.78 is 0. The van der Waals surface area contributed by atoms with Gasteiger partial charge in [0.1, 0.15) is 0 Å². The van der Waals surface area contributed by atoms with E-state index in [-0.39, 0.29) is 23.3 Å². The molecule has 1 saturated carbocycles. The van der Waals surface area contributed by atoms with Gasteiger partial charge in [-0.05, 0) is 43.4 Å². The van der Waals surface area contributed by atoms with Gasteiger partial charge in [0.2, 0.25) is 0 Å². The highest BCUT2D eigenvalue weighted by Crippen LogP contribution is 2.25. The number of carboxylic acid groups (broad SMARTS) is 1. The SMILES string of the molecule is CC1CCC(NC(=O)Nc2ccc(Cl)cc2C(=O)O)C1. The second-order valence-corrected chi connectivity index (χ2v) is 5.65. The Morgan fingerprint density at radius 1 is 1.35 bits per heavy atom. The molecule has 2 unspecified atom stereocenters. The Bertz CT molecular complexity index is 533. The third-order valence-corrected chi connectivity index (χ3v) is 3.73. The lowest BCUT2D eigenvalue weighted by Crippen LogP contribution is -2.36. The van der Waals surface area contributed by atoms with Gasteiger partial charge in [0.25, 0.3) is 0 Å². The van der Waals surface area contributed by atoms with Crippen molar-refractivity contribution in [2.45, 2.75) is 32.2 Å². The van der Waals surface area contributed by atoms with Crippen LogP contribution in [0.25, 0.3) is 0 Å². The summed E-state index contributed by atoms with van der Waals surface area (Å²) >= 11 is 5.76. The minimum atomic E-state index is -1.13. The molecule has 0 radical (unpaired) electrons. The van der Waals surface area contributed by atoms with Gasteiger partial charge in [-0.1, -0.05) is 18.5 Å². The van der Waals surface area contributed by atoms with Crippen molar-refractivity contribution in [3.63, 3.8) is 0 Å². The third-order valence-electron chi connectivity index (χ3n) is 3.49. The third kappa shape index (κ3) is 3.63. The first-order valence-electron chi connectivity index (χ1n) is 6.56. The number of carboxylic acids is 1. The Kier molecular flexibility index (Phi) is 4.49. The van der Waals surface area contributed by atoms with Crippen molar-refractivity contribution < 1.29 is 14.7 Å². The van der Waals surface area contributed by atoms with E-state index in [4.69, 9.17) is 16.7 Å². The molecule has 0 aliphatic heterocycles. The molecule has 1 aliphatic carbocycles. The fraction of sp³-hybridized carbons (Fsp3) is 0.429. The van der Waals surface area contributed by atoms with Gasteiger partial charge in [0, 0.05) is 11.1 Å². The lowest BCUT2D eigenvalue weighted by Gasteiger charge is -2.14. The fourth-order valence-electron chi connectivity index (χ4n) is 2.48. The van der Waals surface area contributed by atoms with Crippen LogP contribution in [-0.4, -0.2) is 23.1 Å². The number of amides is 2. The summed E-state index contributed by atoms with van der Waals surface area (Å²) in [4.78, 5) is 23.0. The maximum Gasteiger partial charge on any atom is 0.337 e. The van der Waals surface area contributed by atoms with E-state index in [0.717, 1.165) is 19.3 Å². The second kappa shape index (κ2) is 6.13. The van der Waals surface area contributed by atoms with Gasteiger partial charge < -0.3 is 15.7 Å². The molecular weight excluding hydrogens is 280 g/mol. The van der Waals surface area contributed by atoms with E-state index < -0.39 is 5.97 Å². The van der Waals surface area contributed by atoms with Crippen molar-refractivity contribution >= 4 is 29.3 Å². The van der Waals surface area contributed by atoms with Gasteiger partial charge in [-0.25, -0.2) is 9.59 Å². The summed E-state index contributed by atoms with van der Waals surface area (Å²) in [6.07, 6.45) is 3.02. The van der Waals surface area contributed by atoms with Crippen molar-refractivity contribution in [1.29, 1.82) is 0 Å². The Balaban J connectivity index is 2.02. The predicted octanol–water partition coefficient (Wildman–Crippen LogP) is 3.35. The molecule has 5 nitrogen and oxygen atoms in total. The smallest absolute Gasteiger partial charge is 0.337 e. The number of nitrogens with one attached hydrogen (secondary N) is 2. The van der Waals surface area contributed by atoms with Crippen molar-refractivity contribution in [3.05, 3.63) is 28.8 Å². The lowest BCUT2D eigenvalue weighted by atomic mass is 10.1. The number of carbonyl (C=O) groups excluding carboxylic acids is 1. The molecule has 1 fully saturated rings. The standard InChI is InChI=1S/C14H17ClN2O3/c1-8-2-4-10(6-8)16-14(20)17-12-5-3-9(15)7-11(12)13(18)19/h3,5,7-8,10H,2,4,6H2,1H3,(H,18,19)(H2,16,17,20). The van der Waals surface area contributed by atoms with E-state index in [1.165, 1.54) is 12.1 Å². The van der Waals surface area contributed by atoms with Gasteiger partial charge in [0.15, 0.2) is 0 Å². The van der Waals surface area contributed by atoms with Crippen LogP contribution in [0.3, 0.4) is 0 Å². The first-order chi connectivity index (χ1) is 9.45. The van der Waals surface area contributed by atoms with Crippen LogP contribution in [0.15, 0.2) is 18.2 Å². The molecule has 3 N–H and O–H groups in total. The monoisotopic (exact) mass is 296 g/mol. The van der Waals surface area contributed by atoms with E-state index in [0.29, 0.717) is 10.9 Å². The zero-order valence-electron chi connectivity index (χ0n) is 11.1. The van der Waals surface area contributed by atoms with Crippen LogP contribution in [0.1, 0.15) is 36.5 Å². The average Bonchev–Trinajstić information content (AvgIpc) is 2.76. The molecule has 1 aromatic carbocycles.